The van der Waals surface area contributed by atoms with E-state index < -0.39 is 10.2 Å². The lowest BCUT2D eigenvalue weighted by Gasteiger charge is -2.41. The number of benzene rings is 1. The molecule has 2 aliphatic rings. The fourth-order valence-electron chi connectivity index (χ4n) is 3.99. The summed E-state index contributed by atoms with van der Waals surface area (Å²) in [6, 6.07) is 11.8. The SMILES string of the molecule is CC1CN(S(=O)(=O)N2CCc3sccc3C2c2ccccc2)CC(C)O1. The van der Waals surface area contributed by atoms with Crippen LogP contribution in [0.5, 0.6) is 0 Å². The first-order valence-electron chi connectivity index (χ1n) is 9.00. The molecule has 3 heterocycles. The third kappa shape index (κ3) is 3.23. The zero-order valence-electron chi connectivity index (χ0n) is 15.0. The van der Waals surface area contributed by atoms with E-state index in [0.29, 0.717) is 19.6 Å². The van der Waals surface area contributed by atoms with Crippen molar-refractivity contribution < 1.29 is 13.2 Å². The molecule has 0 bridgehead atoms. The van der Waals surface area contributed by atoms with Crippen molar-refractivity contribution in [3.8, 4) is 0 Å². The summed E-state index contributed by atoms with van der Waals surface area (Å²) in [7, 11) is -3.58. The quantitative estimate of drug-likeness (QED) is 0.807. The minimum absolute atomic E-state index is 0.0924. The maximum Gasteiger partial charge on any atom is 0.283 e. The molecule has 4 rings (SSSR count). The normalized spacial score (nSPS) is 28.0. The van der Waals surface area contributed by atoms with Crippen LogP contribution < -0.4 is 0 Å². The number of morpholine rings is 1. The summed E-state index contributed by atoms with van der Waals surface area (Å²) >= 11 is 1.72. The summed E-state index contributed by atoms with van der Waals surface area (Å²) in [6.45, 7) is 5.18. The number of rotatable bonds is 3. The predicted molar refractivity (Wildman–Crippen MR) is 104 cm³/mol. The van der Waals surface area contributed by atoms with Crippen LogP contribution in [-0.2, 0) is 21.4 Å². The van der Waals surface area contributed by atoms with E-state index in [2.05, 4.69) is 11.4 Å². The monoisotopic (exact) mass is 392 g/mol. The molecule has 3 atom stereocenters. The van der Waals surface area contributed by atoms with Gasteiger partial charge >= 0.3 is 0 Å². The fraction of sp³-hybridized carbons (Fsp3) is 0.474. The Labute approximate surface area is 159 Å². The van der Waals surface area contributed by atoms with Gasteiger partial charge in [-0.1, -0.05) is 30.3 Å². The molecule has 1 saturated heterocycles. The molecule has 0 spiro atoms. The molecular formula is C19H24N2O3S2. The third-order valence-corrected chi connectivity index (χ3v) is 7.98. The zero-order valence-corrected chi connectivity index (χ0v) is 16.7. The van der Waals surface area contributed by atoms with Gasteiger partial charge in [0.15, 0.2) is 0 Å². The Morgan fingerprint density at radius 3 is 2.46 bits per heavy atom. The van der Waals surface area contributed by atoms with Gasteiger partial charge in [0.1, 0.15) is 0 Å². The minimum Gasteiger partial charge on any atom is -0.373 e. The molecule has 3 unspecified atom stereocenters. The molecule has 0 amide bonds. The van der Waals surface area contributed by atoms with Crippen molar-refractivity contribution in [2.24, 2.45) is 0 Å². The molecule has 0 saturated carbocycles. The number of hydrogen-bond acceptors (Lipinski definition) is 4. The standard InChI is InChI=1S/C19H24N2O3S2/c1-14-12-20(13-15(2)24-14)26(22,23)21-10-8-18-17(9-11-25-18)19(21)16-6-4-3-5-7-16/h3-7,9,11,14-15,19H,8,10,12-13H2,1-2H3. The van der Waals surface area contributed by atoms with Crippen molar-refractivity contribution in [3.05, 3.63) is 57.8 Å². The number of nitrogens with zero attached hydrogens (tertiary/aromatic N) is 2. The molecule has 0 radical (unpaired) electrons. The summed E-state index contributed by atoms with van der Waals surface area (Å²) in [6.07, 6.45) is 0.584. The number of fused-ring (bicyclic) bond motifs is 1. The van der Waals surface area contributed by atoms with Gasteiger partial charge in [0.25, 0.3) is 10.2 Å². The van der Waals surface area contributed by atoms with E-state index in [9.17, 15) is 8.42 Å². The van der Waals surface area contributed by atoms with E-state index in [0.717, 1.165) is 17.5 Å². The van der Waals surface area contributed by atoms with Crippen LogP contribution >= 0.6 is 11.3 Å². The average Bonchev–Trinajstić information content (AvgIpc) is 3.09. The molecule has 1 fully saturated rings. The molecule has 2 aromatic rings. The lowest BCUT2D eigenvalue weighted by Crippen LogP contribution is -2.54. The van der Waals surface area contributed by atoms with Gasteiger partial charge < -0.3 is 4.74 Å². The lowest BCUT2D eigenvalue weighted by molar-refractivity contribution is -0.0457. The predicted octanol–water partition coefficient (Wildman–Crippen LogP) is 3.05. The Morgan fingerprint density at radius 2 is 1.77 bits per heavy atom. The zero-order chi connectivity index (χ0) is 18.3. The van der Waals surface area contributed by atoms with Gasteiger partial charge in [-0.25, -0.2) is 0 Å². The summed E-state index contributed by atoms with van der Waals surface area (Å²) in [5.74, 6) is 0. The van der Waals surface area contributed by atoms with Gasteiger partial charge in [-0.15, -0.1) is 11.3 Å². The molecular weight excluding hydrogens is 368 g/mol. The van der Waals surface area contributed by atoms with Crippen molar-refractivity contribution in [3.63, 3.8) is 0 Å². The minimum atomic E-state index is -3.58. The molecule has 140 valence electrons. The molecule has 0 aliphatic carbocycles. The Balaban J connectivity index is 1.74. The summed E-state index contributed by atoms with van der Waals surface area (Å²) in [5, 5.41) is 2.07. The van der Waals surface area contributed by atoms with E-state index in [-0.39, 0.29) is 18.2 Å². The number of thiophene rings is 1. The van der Waals surface area contributed by atoms with Crippen LogP contribution in [-0.4, -0.2) is 48.9 Å². The Bertz CT molecular complexity index is 856. The summed E-state index contributed by atoms with van der Waals surface area (Å²) < 4.78 is 36.1. The van der Waals surface area contributed by atoms with Gasteiger partial charge in [0.2, 0.25) is 0 Å². The second-order valence-corrected chi connectivity index (χ2v) is 9.94. The second kappa shape index (κ2) is 7.05. The van der Waals surface area contributed by atoms with Crippen LogP contribution in [0.4, 0.5) is 0 Å². The van der Waals surface area contributed by atoms with Crippen LogP contribution in [0.1, 0.15) is 35.9 Å². The Hall–Kier alpha value is -1.25. The topological polar surface area (TPSA) is 49.9 Å². The molecule has 7 heteroatoms. The van der Waals surface area contributed by atoms with Crippen molar-refractivity contribution in [2.75, 3.05) is 19.6 Å². The van der Waals surface area contributed by atoms with E-state index in [4.69, 9.17) is 4.74 Å². The summed E-state index contributed by atoms with van der Waals surface area (Å²) in [4.78, 5) is 1.29. The first kappa shape index (κ1) is 18.1. The molecule has 2 aliphatic heterocycles. The molecule has 5 nitrogen and oxygen atoms in total. The Kier molecular flexibility index (Phi) is 4.92. The maximum atomic E-state index is 13.5. The fourth-order valence-corrected chi connectivity index (χ4v) is 6.81. The number of hydrogen-bond donors (Lipinski definition) is 0. The highest BCUT2D eigenvalue weighted by molar-refractivity contribution is 7.86. The van der Waals surface area contributed by atoms with E-state index >= 15 is 0 Å². The van der Waals surface area contributed by atoms with E-state index in [1.165, 1.54) is 4.88 Å². The van der Waals surface area contributed by atoms with Crippen LogP contribution in [0.2, 0.25) is 0 Å². The third-order valence-electron chi connectivity index (χ3n) is 5.05. The van der Waals surface area contributed by atoms with Gasteiger partial charge in [0, 0.05) is 24.5 Å². The number of ether oxygens (including phenoxy) is 1. The van der Waals surface area contributed by atoms with Crippen molar-refractivity contribution in [1.82, 2.24) is 8.61 Å². The first-order valence-corrected chi connectivity index (χ1v) is 11.3. The largest absolute Gasteiger partial charge is 0.373 e. The highest BCUT2D eigenvalue weighted by Gasteiger charge is 2.42. The van der Waals surface area contributed by atoms with Crippen LogP contribution in [0, 0.1) is 0 Å². The van der Waals surface area contributed by atoms with Gasteiger partial charge in [0.05, 0.1) is 18.2 Å². The maximum absolute atomic E-state index is 13.5. The van der Waals surface area contributed by atoms with Crippen LogP contribution in [0.15, 0.2) is 41.8 Å². The van der Waals surface area contributed by atoms with Gasteiger partial charge in [-0.3, -0.25) is 0 Å². The average molecular weight is 393 g/mol. The van der Waals surface area contributed by atoms with Crippen molar-refractivity contribution >= 4 is 21.5 Å². The van der Waals surface area contributed by atoms with Crippen LogP contribution in [0.3, 0.4) is 0 Å². The molecule has 26 heavy (non-hydrogen) atoms. The summed E-state index contributed by atoms with van der Waals surface area (Å²) in [5.41, 5.74) is 2.13. The van der Waals surface area contributed by atoms with Crippen LogP contribution in [0.25, 0.3) is 0 Å². The molecule has 1 aromatic heterocycles. The van der Waals surface area contributed by atoms with E-state index in [1.807, 2.05) is 44.2 Å². The van der Waals surface area contributed by atoms with Crippen molar-refractivity contribution in [2.45, 2.75) is 38.5 Å². The Morgan fingerprint density at radius 1 is 1.08 bits per heavy atom. The smallest absolute Gasteiger partial charge is 0.283 e. The highest BCUT2D eigenvalue weighted by atomic mass is 32.2. The highest BCUT2D eigenvalue weighted by Crippen LogP contribution is 2.40. The van der Waals surface area contributed by atoms with Crippen molar-refractivity contribution in [1.29, 1.82) is 0 Å². The molecule has 1 aromatic carbocycles. The second-order valence-electron chi connectivity index (χ2n) is 7.06. The lowest BCUT2D eigenvalue weighted by atomic mass is 9.95. The van der Waals surface area contributed by atoms with Gasteiger partial charge in [-0.05, 0) is 42.8 Å². The molecule has 0 N–H and O–H groups in total. The van der Waals surface area contributed by atoms with E-state index in [1.54, 1.807) is 19.9 Å². The first-order chi connectivity index (χ1) is 12.5. The van der Waals surface area contributed by atoms with Gasteiger partial charge in [-0.2, -0.15) is 17.0 Å².